The lowest BCUT2D eigenvalue weighted by molar-refractivity contribution is 0.454. The van der Waals surface area contributed by atoms with E-state index in [1.165, 1.54) is 44.5 Å². The third kappa shape index (κ3) is 2.82. The fourth-order valence-corrected chi connectivity index (χ4v) is 7.59. The lowest BCUT2D eigenvalue weighted by atomic mass is 9.70. The van der Waals surface area contributed by atoms with Crippen LogP contribution in [-0.2, 0) is 5.41 Å². The van der Waals surface area contributed by atoms with Crippen LogP contribution < -0.4 is 4.65 Å². The van der Waals surface area contributed by atoms with Gasteiger partial charge in [-0.1, -0.05) is 97.1 Å². The first-order valence-corrected chi connectivity index (χ1v) is 13.9. The molecule has 0 atom stereocenters. The van der Waals surface area contributed by atoms with Gasteiger partial charge in [-0.25, -0.2) is 0 Å². The Morgan fingerprint density at radius 1 is 0.512 bits per heavy atom. The first kappa shape index (κ1) is 22.7. The summed E-state index contributed by atoms with van der Waals surface area (Å²) in [6, 6.07) is 48.1. The van der Waals surface area contributed by atoms with Crippen LogP contribution in [0.15, 0.2) is 133 Å². The summed E-state index contributed by atoms with van der Waals surface area (Å²) in [6.07, 6.45) is 0. The van der Waals surface area contributed by atoms with Crippen molar-refractivity contribution in [1.29, 1.82) is 0 Å². The Labute approximate surface area is 238 Å². The highest BCUT2D eigenvalue weighted by atomic mass is 16.5. The van der Waals surface area contributed by atoms with E-state index < -0.39 is 0 Å². The third-order valence-corrected chi connectivity index (χ3v) is 9.07. The summed E-state index contributed by atoms with van der Waals surface area (Å²) >= 11 is 0. The lowest BCUT2D eigenvalue weighted by Gasteiger charge is -2.30. The van der Waals surface area contributed by atoms with Gasteiger partial charge in [0, 0.05) is 16.5 Å². The molecular weight excluding hydrogens is 501 g/mol. The van der Waals surface area contributed by atoms with Gasteiger partial charge in [0.05, 0.1) is 16.4 Å². The first-order chi connectivity index (χ1) is 20.3. The van der Waals surface area contributed by atoms with E-state index in [0.29, 0.717) is 5.75 Å². The monoisotopic (exact) mass is 524 g/mol. The van der Waals surface area contributed by atoms with E-state index in [0.717, 1.165) is 35.2 Å². The van der Waals surface area contributed by atoms with Gasteiger partial charge in [-0.3, -0.25) is 0 Å². The van der Waals surface area contributed by atoms with Gasteiger partial charge in [-0.2, -0.15) is 0 Å². The predicted molar refractivity (Wildman–Crippen MR) is 166 cm³/mol. The van der Waals surface area contributed by atoms with Gasteiger partial charge < -0.3 is 14.2 Å². The maximum absolute atomic E-state index is 9.24. The number of nitrogens with zero attached hydrogens (tertiary/aromatic N) is 1. The summed E-state index contributed by atoms with van der Waals surface area (Å²) in [6.45, 7) is 0. The molecule has 6 aromatic carbocycles. The Hall–Kier alpha value is -5.06. The highest BCUT2D eigenvalue weighted by Crippen LogP contribution is 2.62. The second kappa shape index (κ2) is 8.23. The van der Waals surface area contributed by atoms with Crippen LogP contribution in [0.3, 0.4) is 0 Å². The van der Waals surface area contributed by atoms with Crippen LogP contribution in [0.1, 0.15) is 22.3 Å². The molecule has 41 heavy (non-hydrogen) atoms. The molecule has 1 spiro atoms. The summed E-state index contributed by atoms with van der Waals surface area (Å²) in [7, 11) is 0.731. The molecule has 0 saturated heterocycles. The summed E-state index contributed by atoms with van der Waals surface area (Å²) in [5.74, 6) is 0.602. The number of fused-ring (bicyclic) bond motifs is 13. The van der Waals surface area contributed by atoms with Crippen LogP contribution in [-0.4, -0.2) is 17.3 Å². The fourth-order valence-electron chi connectivity index (χ4n) is 7.59. The highest BCUT2D eigenvalue weighted by molar-refractivity contribution is 6.17. The summed E-state index contributed by atoms with van der Waals surface area (Å²) in [5, 5.41) is 11.5. The molecule has 0 bridgehead atoms. The van der Waals surface area contributed by atoms with Gasteiger partial charge in [-0.15, -0.1) is 0 Å². The SMILES string of the molecule is O[B]Oc1ccc2c(c1)c1ccccc1n2-c1ccc2c(c1)C1(c3ccccc3-c3ccccc31)c1ccccc1-2. The Bertz CT molecular complexity index is 2130. The van der Waals surface area contributed by atoms with Crippen LogP contribution in [0.5, 0.6) is 5.75 Å². The molecule has 2 aliphatic carbocycles. The van der Waals surface area contributed by atoms with Crippen molar-refractivity contribution in [2.75, 3.05) is 0 Å². The van der Waals surface area contributed by atoms with E-state index in [1.54, 1.807) is 0 Å². The summed E-state index contributed by atoms with van der Waals surface area (Å²) in [5.41, 5.74) is 13.5. The zero-order chi connectivity index (χ0) is 27.1. The Kier molecular flexibility index (Phi) is 4.56. The van der Waals surface area contributed by atoms with E-state index >= 15 is 0 Å². The Morgan fingerprint density at radius 3 is 1.73 bits per heavy atom. The van der Waals surface area contributed by atoms with Crippen LogP contribution in [0.25, 0.3) is 49.7 Å². The molecule has 1 N–H and O–H groups in total. The second-order valence-electron chi connectivity index (χ2n) is 10.9. The number of hydrogen-bond acceptors (Lipinski definition) is 2. The van der Waals surface area contributed by atoms with Crippen LogP contribution in [0.2, 0.25) is 0 Å². The number of rotatable bonds is 3. The molecule has 0 unspecified atom stereocenters. The number of para-hydroxylation sites is 1. The summed E-state index contributed by atoms with van der Waals surface area (Å²) in [4.78, 5) is 0. The molecule has 1 heterocycles. The molecule has 1 radical (unpaired) electrons. The second-order valence-corrected chi connectivity index (χ2v) is 10.9. The number of aromatic nitrogens is 1. The van der Waals surface area contributed by atoms with E-state index in [4.69, 9.17) is 4.65 Å². The van der Waals surface area contributed by atoms with Gasteiger partial charge in [0.2, 0.25) is 0 Å². The molecule has 0 fully saturated rings. The molecule has 0 saturated carbocycles. The predicted octanol–water partition coefficient (Wildman–Crippen LogP) is 8.03. The van der Waals surface area contributed by atoms with Crippen molar-refractivity contribution in [2.24, 2.45) is 0 Å². The van der Waals surface area contributed by atoms with Crippen molar-refractivity contribution < 1.29 is 9.68 Å². The molecular formula is C37H23BNO2. The fraction of sp³-hybridized carbons (Fsp3) is 0.0270. The van der Waals surface area contributed by atoms with E-state index in [-0.39, 0.29) is 5.41 Å². The third-order valence-electron chi connectivity index (χ3n) is 9.07. The molecule has 1 aromatic heterocycles. The molecule has 7 aromatic rings. The van der Waals surface area contributed by atoms with Crippen molar-refractivity contribution in [3.63, 3.8) is 0 Å². The normalized spacial score (nSPS) is 13.7. The average Bonchev–Trinajstić information content (AvgIpc) is 3.63. The molecule has 191 valence electrons. The topological polar surface area (TPSA) is 34.4 Å². The largest absolute Gasteiger partial charge is 0.569 e. The minimum absolute atomic E-state index is 0.383. The average molecular weight is 524 g/mol. The molecule has 9 rings (SSSR count). The Balaban J connectivity index is 1.38. The zero-order valence-corrected chi connectivity index (χ0v) is 22.1. The maximum atomic E-state index is 9.24. The minimum Gasteiger partial charge on any atom is -0.537 e. The van der Waals surface area contributed by atoms with Crippen LogP contribution in [0.4, 0.5) is 0 Å². The van der Waals surface area contributed by atoms with Gasteiger partial charge in [-0.05, 0) is 80.9 Å². The summed E-state index contributed by atoms with van der Waals surface area (Å²) < 4.78 is 7.67. The quantitative estimate of drug-likeness (QED) is 0.238. The van der Waals surface area contributed by atoms with Crippen molar-refractivity contribution in [3.8, 4) is 33.7 Å². The van der Waals surface area contributed by atoms with Gasteiger partial charge in [0.25, 0.3) is 0 Å². The van der Waals surface area contributed by atoms with E-state index in [1.807, 2.05) is 12.1 Å². The maximum Gasteiger partial charge on any atom is 0.569 e. The smallest absolute Gasteiger partial charge is 0.537 e. The molecule has 2 aliphatic rings. The van der Waals surface area contributed by atoms with Crippen molar-refractivity contribution >= 4 is 29.5 Å². The molecule has 3 nitrogen and oxygen atoms in total. The minimum atomic E-state index is -0.383. The van der Waals surface area contributed by atoms with Gasteiger partial charge >= 0.3 is 7.69 Å². The number of benzene rings is 6. The molecule has 0 amide bonds. The zero-order valence-electron chi connectivity index (χ0n) is 22.1. The lowest BCUT2D eigenvalue weighted by Crippen LogP contribution is -2.26. The standard InChI is InChI=1S/C37H23BNO2/c40-38-41-24-18-20-36-30(22-24)29-12-4-8-16-35(29)39(36)23-17-19-28-27-11-3-7-15-33(27)37(34(28)21-23)31-13-5-1-9-25(31)26-10-2-6-14-32(26)37/h1-22,40H. The number of hydrogen-bond donors (Lipinski definition) is 1. The first-order valence-electron chi connectivity index (χ1n) is 13.9. The molecule has 4 heteroatoms. The molecule has 0 aliphatic heterocycles. The van der Waals surface area contributed by atoms with Crippen LogP contribution >= 0.6 is 0 Å². The van der Waals surface area contributed by atoms with E-state index in [2.05, 4.69) is 126 Å². The van der Waals surface area contributed by atoms with E-state index in [9.17, 15) is 5.02 Å². The van der Waals surface area contributed by atoms with Crippen LogP contribution in [0, 0.1) is 0 Å². The highest BCUT2D eigenvalue weighted by Gasteiger charge is 2.51. The van der Waals surface area contributed by atoms with Gasteiger partial charge in [0.1, 0.15) is 5.75 Å². The van der Waals surface area contributed by atoms with Crippen molar-refractivity contribution in [3.05, 3.63) is 156 Å². The van der Waals surface area contributed by atoms with Crippen molar-refractivity contribution in [2.45, 2.75) is 5.41 Å². The Morgan fingerprint density at radius 2 is 1.07 bits per heavy atom. The van der Waals surface area contributed by atoms with Gasteiger partial charge in [0.15, 0.2) is 0 Å². The van der Waals surface area contributed by atoms with Crippen molar-refractivity contribution in [1.82, 2.24) is 4.57 Å².